The number of aliphatic hydroxyl groups excluding tert-OH is 2. The van der Waals surface area contributed by atoms with Crippen molar-refractivity contribution in [2.24, 2.45) is 0 Å². The Kier molecular flexibility index (Phi) is 5.02. The van der Waals surface area contributed by atoms with E-state index in [4.69, 9.17) is 14.6 Å². The predicted molar refractivity (Wildman–Crippen MR) is 59.2 cm³/mol. The third kappa shape index (κ3) is 3.48. The minimum absolute atomic E-state index is 0.126. The lowest BCUT2D eigenvalue weighted by atomic mass is 10.3. The summed E-state index contributed by atoms with van der Waals surface area (Å²) in [6.07, 6.45) is -2.25. The van der Waals surface area contributed by atoms with Crippen LogP contribution in [0.5, 0.6) is 17.2 Å². The molecule has 6 heteroatoms. The molecule has 1 aromatic rings. The molecule has 1 aromatic carbocycles. The standard InChI is InChI=1S/C11H16O6/c1-15-7-3-4-9(8(13)5-7)17-10(6-12)11(14)16-2/h3-5,10-14H,6H2,1-2H3. The number of aliphatic hydroxyl groups is 2. The molecule has 0 aliphatic carbocycles. The van der Waals surface area contributed by atoms with E-state index >= 15 is 0 Å². The molecule has 6 nitrogen and oxygen atoms in total. The highest BCUT2D eigenvalue weighted by Gasteiger charge is 2.21. The highest BCUT2D eigenvalue weighted by molar-refractivity contribution is 5.44. The molecule has 17 heavy (non-hydrogen) atoms. The third-order valence-electron chi connectivity index (χ3n) is 2.18. The van der Waals surface area contributed by atoms with Crippen molar-refractivity contribution in [3.63, 3.8) is 0 Å². The van der Waals surface area contributed by atoms with Gasteiger partial charge >= 0.3 is 0 Å². The van der Waals surface area contributed by atoms with Crippen molar-refractivity contribution in [2.45, 2.75) is 12.4 Å². The van der Waals surface area contributed by atoms with Crippen LogP contribution in [0.15, 0.2) is 18.2 Å². The molecule has 0 radical (unpaired) electrons. The van der Waals surface area contributed by atoms with Gasteiger partial charge in [-0.2, -0.15) is 0 Å². The largest absolute Gasteiger partial charge is 0.504 e. The van der Waals surface area contributed by atoms with E-state index in [1.807, 2.05) is 0 Å². The summed E-state index contributed by atoms with van der Waals surface area (Å²) in [5, 5.41) is 28.0. The first-order chi connectivity index (χ1) is 8.12. The maximum Gasteiger partial charge on any atom is 0.194 e. The number of phenols is 1. The molecule has 0 aliphatic heterocycles. The lowest BCUT2D eigenvalue weighted by Gasteiger charge is -2.21. The van der Waals surface area contributed by atoms with E-state index < -0.39 is 19.0 Å². The van der Waals surface area contributed by atoms with Crippen LogP contribution in [0.2, 0.25) is 0 Å². The second-order valence-electron chi connectivity index (χ2n) is 3.30. The fourth-order valence-electron chi connectivity index (χ4n) is 1.22. The number of hydrogen-bond donors (Lipinski definition) is 3. The zero-order chi connectivity index (χ0) is 12.8. The van der Waals surface area contributed by atoms with Crippen LogP contribution in [0.3, 0.4) is 0 Å². The van der Waals surface area contributed by atoms with Crippen LogP contribution in [0.1, 0.15) is 0 Å². The van der Waals surface area contributed by atoms with Gasteiger partial charge in [-0.3, -0.25) is 0 Å². The summed E-state index contributed by atoms with van der Waals surface area (Å²) in [6, 6.07) is 4.42. The Hall–Kier alpha value is -1.50. The monoisotopic (exact) mass is 244 g/mol. The summed E-state index contributed by atoms with van der Waals surface area (Å²) in [5.41, 5.74) is 0. The van der Waals surface area contributed by atoms with Gasteiger partial charge in [0.25, 0.3) is 0 Å². The summed E-state index contributed by atoms with van der Waals surface area (Å²) >= 11 is 0. The normalized spacial score (nSPS) is 14.1. The van der Waals surface area contributed by atoms with Gasteiger partial charge in [0.15, 0.2) is 23.9 Å². The minimum atomic E-state index is -1.28. The summed E-state index contributed by atoms with van der Waals surface area (Å²) in [6.45, 7) is -0.444. The molecule has 96 valence electrons. The Balaban J connectivity index is 2.79. The molecule has 1 rings (SSSR count). The average Bonchev–Trinajstić information content (AvgIpc) is 2.36. The topological polar surface area (TPSA) is 88.4 Å². The Bertz CT molecular complexity index is 354. The zero-order valence-electron chi connectivity index (χ0n) is 9.66. The number of methoxy groups -OCH3 is 2. The average molecular weight is 244 g/mol. The van der Waals surface area contributed by atoms with Crippen molar-refractivity contribution in [1.29, 1.82) is 0 Å². The lowest BCUT2D eigenvalue weighted by Crippen LogP contribution is -2.36. The molecular weight excluding hydrogens is 228 g/mol. The van der Waals surface area contributed by atoms with Gasteiger partial charge in [-0.25, -0.2) is 0 Å². The van der Waals surface area contributed by atoms with Gasteiger partial charge in [0, 0.05) is 13.2 Å². The molecule has 0 aromatic heterocycles. The molecule has 0 saturated heterocycles. The summed E-state index contributed by atoms with van der Waals surface area (Å²) in [4.78, 5) is 0. The van der Waals surface area contributed by atoms with E-state index in [0.29, 0.717) is 5.75 Å². The van der Waals surface area contributed by atoms with Crippen molar-refractivity contribution in [3.05, 3.63) is 18.2 Å². The number of benzene rings is 1. The highest BCUT2D eigenvalue weighted by atomic mass is 16.6. The van der Waals surface area contributed by atoms with Crippen LogP contribution >= 0.6 is 0 Å². The zero-order valence-corrected chi connectivity index (χ0v) is 9.66. The summed E-state index contributed by atoms with van der Waals surface area (Å²) in [7, 11) is 2.76. The number of rotatable bonds is 6. The molecular formula is C11H16O6. The molecule has 3 N–H and O–H groups in total. The molecule has 0 amide bonds. The fraction of sp³-hybridized carbons (Fsp3) is 0.455. The quantitative estimate of drug-likeness (QED) is 0.615. The van der Waals surface area contributed by atoms with E-state index in [2.05, 4.69) is 4.74 Å². The van der Waals surface area contributed by atoms with Gasteiger partial charge in [-0.05, 0) is 12.1 Å². The first kappa shape index (κ1) is 13.6. The van der Waals surface area contributed by atoms with E-state index in [9.17, 15) is 10.2 Å². The van der Waals surface area contributed by atoms with E-state index in [1.54, 1.807) is 6.07 Å². The van der Waals surface area contributed by atoms with Gasteiger partial charge in [0.05, 0.1) is 13.7 Å². The van der Waals surface area contributed by atoms with Crippen molar-refractivity contribution in [1.82, 2.24) is 0 Å². The molecule has 0 saturated carbocycles. The Morgan fingerprint density at radius 2 is 2.00 bits per heavy atom. The summed E-state index contributed by atoms with van der Waals surface area (Å²) in [5.74, 6) is 0.453. The van der Waals surface area contributed by atoms with Crippen LogP contribution in [-0.2, 0) is 4.74 Å². The van der Waals surface area contributed by atoms with Gasteiger partial charge < -0.3 is 29.5 Å². The molecule has 0 fully saturated rings. The number of hydrogen-bond acceptors (Lipinski definition) is 6. The number of phenolic OH excluding ortho intramolecular Hbond substituents is 1. The van der Waals surface area contributed by atoms with E-state index in [1.165, 1.54) is 26.4 Å². The minimum Gasteiger partial charge on any atom is -0.504 e. The summed E-state index contributed by atoms with van der Waals surface area (Å²) < 4.78 is 14.8. The SMILES string of the molecule is COc1ccc(OC(CO)C(O)OC)c(O)c1. The van der Waals surface area contributed by atoms with Crippen LogP contribution in [0.25, 0.3) is 0 Å². The maximum absolute atomic E-state index is 9.61. The maximum atomic E-state index is 9.61. The molecule has 0 spiro atoms. The lowest BCUT2D eigenvalue weighted by molar-refractivity contribution is -0.146. The van der Waals surface area contributed by atoms with Gasteiger partial charge in [0.1, 0.15) is 5.75 Å². The highest BCUT2D eigenvalue weighted by Crippen LogP contribution is 2.31. The predicted octanol–water partition coefficient (Wildman–Crippen LogP) is 0.105. The smallest absolute Gasteiger partial charge is 0.194 e. The van der Waals surface area contributed by atoms with Gasteiger partial charge in [0.2, 0.25) is 0 Å². The van der Waals surface area contributed by atoms with Crippen molar-refractivity contribution in [2.75, 3.05) is 20.8 Å². The Morgan fingerprint density at radius 1 is 1.29 bits per heavy atom. The molecule has 2 atom stereocenters. The molecule has 2 unspecified atom stereocenters. The molecule has 0 aliphatic rings. The second-order valence-corrected chi connectivity index (χ2v) is 3.30. The van der Waals surface area contributed by atoms with E-state index in [-0.39, 0.29) is 11.5 Å². The van der Waals surface area contributed by atoms with Crippen molar-refractivity contribution < 1.29 is 29.5 Å². The van der Waals surface area contributed by atoms with Gasteiger partial charge in [-0.1, -0.05) is 0 Å². The van der Waals surface area contributed by atoms with E-state index in [0.717, 1.165) is 0 Å². The Labute approximate surface area is 99.0 Å². The molecule has 0 heterocycles. The van der Waals surface area contributed by atoms with Crippen LogP contribution in [0.4, 0.5) is 0 Å². The van der Waals surface area contributed by atoms with Crippen LogP contribution in [-0.4, -0.2) is 48.5 Å². The van der Waals surface area contributed by atoms with Gasteiger partial charge in [-0.15, -0.1) is 0 Å². The first-order valence-corrected chi connectivity index (χ1v) is 4.97. The van der Waals surface area contributed by atoms with Crippen molar-refractivity contribution >= 4 is 0 Å². The first-order valence-electron chi connectivity index (χ1n) is 4.97. The third-order valence-corrected chi connectivity index (χ3v) is 2.18. The van der Waals surface area contributed by atoms with Crippen LogP contribution in [0, 0.1) is 0 Å². The number of aromatic hydroxyl groups is 1. The molecule has 0 bridgehead atoms. The Morgan fingerprint density at radius 3 is 2.47 bits per heavy atom. The second kappa shape index (κ2) is 6.29. The van der Waals surface area contributed by atoms with Crippen LogP contribution < -0.4 is 9.47 Å². The fourth-order valence-corrected chi connectivity index (χ4v) is 1.22. The van der Waals surface area contributed by atoms with Crippen molar-refractivity contribution in [3.8, 4) is 17.2 Å². The number of ether oxygens (including phenoxy) is 3.